The standard InChI is InChI=1S/C51H36N4/c1-51(2)49-32-39-30-45(55(42-21-14-35(34-52)15-22-42)43-23-16-37(17-24-43)36-10-6-4-7-11-36)25-18-38(39)31-48(49)47-29-28-46(33-50(47)51)54(41-12-8-5-9-13-41)44-26-19-40(53-3)20-27-44/h4-33H,1-2H3. The summed E-state index contributed by atoms with van der Waals surface area (Å²) in [6.45, 7) is 12.1. The number of nitriles is 1. The molecule has 0 radical (unpaired) electrons. The van der Waals surface area contributed by atoms with Crippen LogP contribution in [0.1, 0.15) is 30.5 Å². The SMILES string of the molecule is [C-]#[N+]c1ccc(N(c2ccccc2)c2ccc3c(c2)C(C)(C)c2cc4cc(N(c5ccc(C#N)cc5)c5ccc(-c6ccccc6)cc5)ccc4cc2-3)cc1. The fraction of sp³-hybridized carbons (Fsp3) is 0.0588. The predicted molar refractivity (Wildman–Crippen MR) is 227 cm³/mol. The van der Waals surface area contributed by atoms with Gasteiger partial charge in [-0.25, -0.2) is 4.85 Å². The van der Waals surface area contributed by atoms with E-state index in [9.17, 15) is 5.26 Å². The first-order valence-corrected chi connectivity index (χ1v) is 18.4. The summed E-state index contributed by atoms with van der Waals surface area (Å²) < 4.78 is 0. The molecule has 0 N–H and O–H groups in total. The molecule has 0 aliphatic heterocycles. The lowest BCUT2D eigenvalue weighted by molar-refractivity contribution is 0.661. The molecule has 8 aromatic rings. The third-order valence-electron chi connectivity index (χ3n) is 10.9. The topological polar surface area (TPSA) is 34.6 Å². The smallest absolute Gasteiger partial charge is 0.187 e. The molecule has 4 nitrogen and oxygen atoms in total. The Hall–Kier alpha value is -7.40. The molecule has 8 aromatic carbocycles. The van der Waals surface area contributed by atoms with Gasteiger partial charge in [-0.3, -0.25) is 0 Å². The van der Waals surface area contributed by atoms with Gasteiger partial charge in [0.25, 0.3) is 0 Å². The highest BCUT2D eigenvalue weighted by Crippen LogP contribution is 2.52. The Kier molecular flexibility index (Phi) is 8.23. The van der Waals surface area contributed by atoms with E-state index < -0.39 is 0 Å². The zero-order valence-electron chi connectivity index (χ0n) is 30.6. The van der Waals surface area contributed by atoms with Crippen LogP contribution in [0.25, 0.3) is 37.9 Å². The second kappa shape index (κ2) is 13.5. The van der Waals surface area contributed by atoms with Crippen molar-refractivity contribution in [3.63, 3.8) is 0 Å². The zero-order chi connectivity index (χ0) is 37.5. The van der Waals surface area contributed by atoms with Gasteiger partial charge in [-0.1, -0.05) is 98.8 Å². The summed E-state index contributed by atoms with van der Waals surface area (Å²) in [4.78, 5) is 8.14. The Bertz CT molecular complexity index is 2770. The maximum Gasteiger partial charge on any atom is 0.187 e. The van der Waals surface area contributed by atoms with Gasteiger partial charge in [0.2, 0.25) is 0 Å². The van der Waals surface area contributed by atoms with Gasteiger partial charge in [-0.2, -0.15) is 5.26 Å². The van der Waals surface area contributed by atoms with Crippen LogP contribution >= 0.6 is 0 Å². The molecule has 0 heterocycles. The Morgan fingerprint density at radius 3 is 1.62 bits per heavy atom. The summed E-state index contributed by atoms with van der Waals surface area (Å²) in [7, 11) is 0. The van der Waals surface area contributed by atoms with Crippen molar-refractivity contribution in [1.82, 2.24) is 0 Å². The minimum absolute atomic E-state index is 0.249. The molecule has 0 aromatic heterocycles. The van der Waals surface area contributed by atoms with E-state index in [1.807, 2.05) is 60.7 Å². The van der Waals surface area contributed by atoms with Gasteiger partial charge in [0.15, 0.2) is 5.69 Å². The monoisotopic (exact) mass is 704 g/mol. The fourth-order valence-corrected chi connectivity index (χ4v) is 8.00. The molecular formula is C51H36N4. The number of nitrogens with zero attached hydrogens (tertiary/aromatic N) is 4. The normalized spacial score (nSPS) is 12.3. The summed E-state index contributed by atoms with van der Waals surface area (Å²) in [5, 5.41) is 11.9. The lowest BCUT2D eigenvalue weighted by atomic mass is 9.81. The van der Waals surface area contributed by atoms with Crippen LogP contribution in [0.3, 0.4) is 0 Å². The van der Waals surface area contributed by atoms with Crippen LogP contribution in [-0.4, -0.2) is 0 Å². The molecule has 0 bridgehead atoms. The molecule has 0 spiro atoms. The predicted octanol–water partition coefficient (Wildman–Crippen LogP) is 14.2. The molecule has 0 saturated heterocycles. The van der Waals surface area contributed by atoms with Crippen molar-refractivity contribution in [2.45, 2.75) is 19.3 Å². The summed E-state index contributed by atoms with van der Waals surface area (Å²) in [5.41, 5.74) is 14.7. The van der Waals surface area contributed by atoms with E-state index in [1.165, 1.54) is 38.6 Å². The number of hydrogen-bond donors (Lipinski definition) is 0. The van der Waals surface area contributed by atoms with Crippen LogP contribution in [0.4, 0.5) is 39.8 Å². The van der Waals surface area contributed by atoms with E-state index in [0.29, 0.717) is 11.3 Å². The first-order chi connectivity index (χ1) is 26.9. The van der Waals surface area contributed by atoms with E-state index in [4.69, 9.17) is 6.57 Å². The van der Waals surface area contributed by atoms with E-state index in [-0.39, 0.29) is 5.41 Å². The van der Waals surface area contributed by atoms with Crippen LogP contribution in [0.15, 0.2) is 182 Å². The van der Waals surface area contributed by atoms with Crippen LogP contribution in [0.2, 0.25) is 0 Å². The second-order valence-electron chi connectivity index (χ2n) is 14.5. The van der Waals surface area contributed by atoms with Crippen molar-refractivity contribution in [3.8, 4) is 28.3 Å². The minimum Gasteiger partial charge on any atom is -0.311 e. The van der Waals surface area contributed by atoms with Gasteiger partial charge in [0, 0.05) is 39.5 Å². The van der Waals surface area contributed by atoms with Crippen molar-refractivity contribution < 1.29 is 0 Å². The average molecular weight is 705 g/mol. The molecule has 1 aliphatic rings. The second-order valence-corrected chi connectivity index (χ2v) is 14.5. The van der Waals surface area contributed by atoms with Gasteiger partial charge < -0.3 is 9.80 Å². The largest absolute Gasteiger partial charge is 0.311 e. The number of rotatable bonds is 7. The van der Waals surface area contributed by atoms with Gasteiger partial charge >= 0.3 is 0 Å². The first kappa shape index (κ1) is 33.4. The van der Waals surface area contributed by atoms with Crippen molar-refractivity contribution in [2.24, 2.45) is 0 Å². The molecule has 0 atom stereocenters. The van der Waals surface area contributed by atoms with Crippen molar-refractivity contribution in [2.75, 3.05) is 9.80 Å². The van der Waals surface area contributed by atoms with E-state index >= 15 is 0 Å². The van der Waals surface area contributed by atoms with Crippen LogP contribution in [0, 0.1) is 17.9 Å². The highest BCUT2D eigenvalue weighted by atomic mass is 15.1. The van der Waals surface area contributed by atoms with Gasteiger partial charge in [0.1, 0.15) is 0 Å². The van der Waals surface area contributed by atoms with Gasteiger partial charge in [-0.15, -0.1) is 0 Å². The van der Waals surface area contributed by atoms with Crippen molar-refractivity contribution >= 4 is 50.6 Å². The molecule has 0 saturated carbocycles. The lowest BCUT2D eigenvalue weighted by Gasteiger charge is -2.28. The van der Waals surface area contributed by atoms with Gasteiger partial charge in [0.05, 0.1) is 18.2 Å². The Labute approximate surface area is 322 Å². The van der Waals surface area contributed by atoms with Crippen LogP contribution in [-0.2, 0) is 5.41 Å². The molecule has 55 heavy (non-hydrogen) atoms. The maximum absolute atomic E-state index is 9.53. The molecule has 260 valence electrons. The molecule has 1 aliphatic carbocycles. The average Bonchev–Trinajstić information content (AvgIpc) is 3.46. The highest BCUT2D eigenvalue weighted by Gasteiger charge is 2.36. The molecule has 0 amide bonds. The third-order valence-corrected chi connectivity index (χ3v) is 10.9. The minimum atomic E-state index is -0.249. The summed E-state index contributed by atoms with van der Waals surface area (Å²) in [6, 6.07) is 65.6. The molecule has 0 unspecified atom stereocenters. The van der Waals surface area contributed by atoms with Gasteiger partial charge in [-0.05, 0) is 141 Å². The van der Waals surface area contributed by atoms with E-state index in [2.05, 4.69) is 156 Å². The third kappa shape index (κ3) is 5.97. The van der Waals surface area contributed by atoms with Crippen molar-refractivity contribution in [1.29, 1.82) is 5.26 Å². The summed E-state index contributed by atoms with van der Waals surface area (Å²) >= 11 is 0. The number of anilines is 6. The first-order valence-electron chi connectivity index (χ1n) is 18.4. The number of fused-ring (bicyclic) bond motifs is 4. The Morgan fingerprint density at radius 1 is 0.473 bits per heavy atom. The summed E-state index contributed by atoms with van der Waals surface area (Å²) in [6.07, 6.45) is 0. The fourth-order valence-electron chi connectivity index (χ4n) is 8.00. The summed E-state index contributed by atoms with van der Waals surface area (Å²) in [5.74, 6) is 0. The molecule has 9 rings (SSSR count). The molecule has 0 fully saturated rings. The lowest BCUT2D eigenvalue weighted by Crippen LogP contribution is -2.16. The van der Waals surface area contributed by atoms with Crippen molar-refractivity contribution in [3.05, 3.63) is 210 Å². The Balaban J connectivity index is 1.12. The number of hydrogen-bond acceptors (Lipinski definition) is 3. The maximum atomic E-state index is 9.53. The quantitative estimate of drug-likeness (QED) is 0.155. The highest BCUT2D eigenvalue weighted by molar-refractivity contribution is 5.97. The number of para-hydroxylation sites is 1. The Morgan fingerprint density at radius 2 is 0.982 bits per heavy atom. The molecular weight excluding hydrogens is 669 g/mol. The van der Waals surface area contributed by atoms with E-state index in [1.54, 1.807) is 0 Å². The van der Waals surface area contributed by atoms with Crippen LogP contribution in [0.5, 0.6) is 0 Å². The zero-order valence-corrected chi connectivity index (χ0v) is 30.6. The van der Waals surface area contributed by atoms with E-state index in [0.717, 1.165) is 39.7 Å². The number of benzene rings is 8. The van der Waals surface area contributed by atoms with Crippen LogP contribution < -0.4 is 9.80 Å². The molecule has 4 heteroatoms.